The van der Waals surface area contributed by atoms with E-state index in [-0.39, 0.29) is 20.8 Å². The van der Waals surface area contributed by atoms with Gasteiger partial charge in [0, 0.05) is 0 Å². The Bertz CT molecular complexity index is 927. The number of hydrazine groups is 1. The van der Waals surface area contributed by atoms with Crippen LogP contribution in [0, 0.1) is 23.2 Å². The number of rotatable bonds is 5. The minimum absolute atomic E-state index is 0.0438. The van der Waals surface area contributed by atoms with E-state index in [1.807, 2.05) is 0 Å². The number of carbonyl (C=O) groups is 2. The molecule has 7 nitrogen and oxygen atoms in total. The molecule has 4 fully saturated rings. The molecule has 4 saturated carbocycles. The summed E-state index contributed by atoms with van der Waals surface area (Å²) < 4.78 is 27.5. The molecule has 3 N–H and O–H groups in total. The summed E-state index contributed by atoms with van der Waals surface area (Å²) >= 11 is 11.9. The predicted molar refractivity (Wildman–Crippen MR) is 113 cm³/mol. The molecule has 2 amide bonds. The van der Waals surface area contributed by atoms with Gasteiger partial charge in [-0.25, -0.2) is 8.42 Å². The second kappa shape index (κ2) is 7.97. The molecule has 10 heteroatoms. The van der Waals surface area contributed by atoms with Crippen molar-refractivity contribution in [3.63, 3.8) is 0 Å². The van der Waals surface area contributed by atoms with Crippen LogP contribution in [0.15, 0.2) is 23.1 Å². The zero-order valence-corrected chi connectivity index (χ0v) is 18.9. The second-order valence-electron chi connectivity index (χ2n) is 9.04. The van der Waals surface area contributed by atoms with Gasteiger partial charge in [-0.05, 0) is 75.3 Å². The molecule has 1 atom stereocenters. The average molecular weight is 474 g/mol. The first kappa shape index (κ1) is 21.9. The van der Waals surface area contributed by atoms with Gasteiger partial charge in [-0.15, -0.1) is 0 Å². The number of sulfonamides is 1. The van der Waals surface area contributed by atoms with Gasteiger partial charge >= 0.3 is 0 Å². The third kappa shape index (κ3) is 4.07. The normalized spacial score (nSPS) is 30.7. The van der Waals surface area contributed by atoms with E-state index in [1.165, 1.54) is 44.4 Å². The van der Waals surface area contributed by atoms with Gasteiger partial charge in [0.15, 0.2) is 0 Å². The molecule has 0 unspecified atom stereocenters. The summed E-state index contributed by atoms with van der Waals surface area (Å²) in [6.45, 7) is 1.38. The lowest BCUT2D eigenvalue weighted by Gasteiger charge is -2.55. The zero-order chi connectivity index (χ0) is 21.7. The highest BCUT2D eigenvalue weighted by atomic mass is 35.5. The number of hydrogen-bond donors (Lipinski definition) is 3. The van der Waals surface area contributed by atoms with Crippen LogP contribution in [-0.2, 0) is 19.6 Å². The Balaban J connectivity index is 1.37. The van der Waals surface area contributed by atoms with Crippen molar-refractivity contribution in [2.75, 3.05) is 0 Å². The largest absolute Gasteiger partial charge is 0.273 e. The molecule has 1 aromatic carbocycles. The van der Waals surface area contributed by atoms with Crippen LogP contribution in [0.3, 0.4) is 0 Å². The maximum atomic E-state index is 12.9. The Morgan fingerprint density at radius 2 is 1.50 bits per heavy atom. The Hall–Kier alpha value is -1.35. The van der Waals surface area contributed by atoms with Crippen molar-refractivity contribution in [3.05, 3.63) is 28.2 Å². The summed E-state index contributed by atoms with van der Waals surface area (Å²) in [4.78, 5) is 25.1. The maximum Gasteiger partial charge on any atom is 0.256 e. The molecule has 0 saturated heterocycles. The van der Waals surface area contributed by atoms with Crippen LogP contribution < -0.4 is 15.6 Å². The SMILES string of the molecule is C[C@H](NS(=O)(=O)c1c(Cl)cccc1Cl)C(=O)NNC(=O)C12CC3CC(CC(C3)C1)C2. The lowest BCUT2D eigenvalue weighted by molar-refractivity contribution is -0.149. The number of carbonyl (C=O) groups excluding carboxylic acids is 2. The lowest BCUT2D eigenvalue weighted by atomic mass is 9.49. The van der Waals surface area contributed by atoms with Gasteiger partial charge in [-0.3, -0.25) is 20.4 Å². The Morgan fingerprint density at radius 3 is 2.00 bits per heavy atom. The van der Waals surface area contributed by atoms with Crippen LogP contribution in [0.5, 0.6) is 0 Å². The van der Waals surface area contributed by atoms with Gasteiger partial charge in [0.05, 0.1) is 21.5 Å². The fourth-order valence-corrected chi connectivity index (χ4v) is 8.18. The van der Waals surface area contributed by atoms with Gasteiger partial charge in [0.2, 0.25) is 15.9 Å². The molecule has 0 aliphatic heterocycles. The summed E-state index contributed by atoms with van der Waals surface area (Å²) in [5.41, 5.74) is 4.52. The summed E-state index contributed by atoms with van der Waals surface area (Å²) in [7, 11) is -4.13. The van der Waals surface area contributed by atoms with E-state index in [9.17, 15) is 18.0 Å². The highest BCUT2D eigenvalue weighted by Crippen LogP contribution is 2.60. The van der Waals surface area contributed by atoms with Crippen LogP contribution in [-0.4, -0.2) is 26.3 Å². The van der Waals surface area contributed by atoms with Gasteiger partial charge in [-0.1, -0.05) is 29.3 Å². The summed E-state index contributed by atoms with van der Waals surface area (Å²) in [5, 5.41) is -0.0875. The molecule has 0 heterocycles. The Labute approximate surface area is 186 Å². The minimum atomic E-state index is -4.13. The van der Waals surface area contributed by atoms with Crippen LogP contribution in [0.4, 0.5) is 0 Å². The van der Waals surface area contributed by atoms with Crippen molar-refractivity contribution < 1.29 is 18.0 Å². The molecule has 5 rings (SSSR count). The number of halogens is 2. The first-order valence-electron chi connectivity index (χ1n) is 10.2. The van der Waals surface area contributed by atoms with Crippen LogP contribution in [0.2, 0.25) is 10.0 Å². The molecule has 164 valence electrons. The van der Waals surface area contributed by atoms with E-state index < -0.39 is 27.4 Å². The molecular formula is C20H25Cl2N3O4S. The molecule has 4 bridgehead atoms. The second-order valence-corrected chi connectivity index (χ2v) is 11.5. The van der Waals surface area contributed by atoms with Gasteiger partial charge < -0.3 is 0 Å². The summed E-state index contributed by atoms with van der Waals surface area (Å²) in [5.74, 6) is 0.968. The molecule has 4 aliphatic rings. The van der Waals surface area contributed by atoms with Crippen molar-refractivity contribution >= 4 is 45.0 Å². The first-order chi connectivity index (χ1) is 14.1. The zero-order valence-electron chi connectivity index (χ0n) is 16.6. The third-order valence-corrected chi connectivity index (χ3v) is 9.23. The first-order valence-corrected chi connectivity index (χ1v) is 12.4. The standard InChI is InChI=1S/C20H25Cl2N3O4S/c1-11(25-30(28,29)17-15(21)3-2-4-16(17)22)18(26)23-24-19(27)20-8-12-5-13(9-20)7-14(6-12)10-20/h2-4,11-14,25H,5-10H2,1H3,(H,23,26)(H,24,27)/t11-,12?,13?,14?,20?/m0/s1. The highest BCUT2D eigenvalue weighted by molar-refractivity contribution is 7.89. The van der Waals surface area contributed by atoms with Crippen molar-refractivity contribution in [3.8, 4) is 0 Å². The van der Waals surface area contributed by atoms with E-state index in [4.69, 9.17) is 23.2 Å². The smallest absolute Gasteiger partial charge is 0.256 e. The van der Waals surface area contributed by atoms with Crippen molar-refractivity contribution in [1.82, 2.24) is 15.6 Å². The lowest BCUT2D eigenvalue weighted by Crippen LogP contribution is -2.58. The predicted octanol–water partition coefficient (Wildman–Crippen LogP) is 3.02. The third-order valence-electron chi connectivity index (χ3n) is 6.73. The number of benzene rings is 1. The highest BCUT2D eigenvalue weighted by Gasteiger charge is 2.54. The topological polar surface area (TPSA) is 104 Å². The molecule has 0 radical (unpaired) electrons. The van der Waals surface area contributed by atoms with E-state index in [0.29, 0.717) is 17.8 Å². The molecular weight excluding hydrogens is 449 g/mol. The van der Waals surface area contributed by atoms with E-state index >= 15 is 0 Å². The molecule has 1 aromatic rings. The fourth-order valence-electron chi connectivity index (χ4n) is 5.83. The van der Waals surface area contributed by atoms with Crippen molar-refractivity contribution in [2.24, 2.45) is 23.2 Å². The number of hydrogen-bond acceptors (Lipinski definition) is 4. The molecule has 0 aromatic heterocycles. The van der Waals surface area contributed by atoms with Crippen LogP contribution in [0.25, 0.3) is 0 Å². The van der Waals surface area contributed by atoms with E-state index in [1.54, 1.807) is 0 Å². The van der Waals surface area contributed by atoms with Gasteiger partial charge in [0.1, 0.15) is 4.90 Å². The number of nitrogens with one attached hydrogen (secondary N) is 3. The minimum Gasteiger partial charge on any atom is -0.273 e. The van der Waals surface area contributed by atoms with Crippen LogP contribution in [0.1, 0.15) is 45.4 Å². The summed E-state index contributed by atoms with van der Waals surface area (Å²) in [6, 6.07) is 3.19. The monoisotopic (exact) mass is 473 g/mol. The maximum absolute atomic E-state index is 12.9. The van der Waals surface area contributed by atoms with Gasteiger partial charge in [-0.2, -0.15) is 4.72 Å². The Kier molecular flexibility index (Phi) is 5.81. The Morgan fingerprint density at radius 1 is 1.00 bits per heavy atom. The van der Waals surface area contributed by atoms with E-state index in [0.717, 1.165) is 19.3 Å². The fraction of sp³-hybridized carbons (Fsp3) is 0.600. The summed E-state index contributed by atoms with van der Waals surface area (Å²) in [6.07, 6.45) is 6.24. The molecule has 0 spiro atoms. The van der Waals surface area contributed by atoms with Crippen molar-refractivity contribution in [2.45, 2.75) is 56.4 Å². The van der Waals surface area contributed by atoms with Gasteiger partial charge in [0.25, 0.3) is 5.91 Å². The quantitative estimate of drug-likeness (QED) is 0.571. The molecule has 4 aliphatic carbocycles. The van der Waals surface area contributed by atoms with Crippen molar-refractivity contribution in [1.29, 1.82) is 0 Å². The average Bonchev–Trinajstić information content (AvgIpc) is 2.63. The van der Waals surface area contributed by atoms with E-state index in [2.05, 4.69) is 15.6 Å². The number of amides is 2. The molecule has 30 heavy (non-hydrogen) atoms. The van der Waals surface area contributed by atoms with Crippen LogP contribution >= 0.6 is 23.2 Å².